The highest BCUT2D eigenvalue weighted by Crippen LogP contribution is 2.26. The molecule has 1 atom stereocenters. The summed E-state index contributed by atoms with van der Waals surface area (Å²) in [6.45, 7) is 4.45. The molecule has 1 aliphatic rings. The largest absolute Gasteiger partial charge is 0.306 e. The Hall–Kier alpha value is -1.68. The number of rotatable bonds is 3. The number of aryl methyl sites for hydroxylation is 1. The van der Waals surface area contributed by atoms with Crippen LogP contribution in [0.3, 0.4) is 0 Å². The highest BCUT2D eigenvalue weighted by molar-refractivity contribution is 5.35. The highest BCUT2D eigenvalue weighted by atomic mass is 15.1. The zero-order valence-electron chi connectivity index (χ0n) is 12.3. The molecule has 0 N–H and O–H groups in total. The lowest BCUT2D eigenvalue weighted by atomic mass is 9.94. The number of pyridine rings is 1. The van der Waals surface area contributed by atoms with Crippen LogP contribution in [-0.2, 0) is 6.42 Å². The molecule has 0 aliphatic carbocycles. The van der Waals surface area contributed by atoms with Crippen LogP contribution in [-0.4, -0.2) is 39.6 Å². The van der Waals surface area contributed by atoms with Crippen LogP contribution in [0.25, 0.3) is 5.69 Å². The van der Waals surface area contributed by atoms with E-state index in [0.717, 1.165) is 18.8 Å². The van der Waals surface area contributed by atoms with Gasteiger partial charge < -0.3 is 9.47 Å². The van der Waals surface area contributed by atoms with Gasteiger partial charge in [0.1, 0.15) is 5.82 Å². The van der Waals surface area contributed by atoms with E-state index >= 15 is 0 Å². The second-order valence-corrected chi connectivity index (χ2v) is 5.61. The summed E-state index contributed by atoms with van der Waals surface area (Å²) in [7, 11) is 2.20. The maximum atomic E-state index is 4.60. The van der Waals surface area contributed by atoms with Gasteiger partial charge in [-0.05, 0) is 38.6 Å². The van der Waals surface area contributed by atoms with Gasteiger partial charge in [-0.3, -0.25) is 4.98 Å². The fourth-order valence-electron chi connectivity index (χ4n) is 3.05. The van der Waals surface area contributed by atoms with Crippen LogP contribution in [0.4, 0.5) is 0 Å². The Labute approximate surface area is 120 Å². The molecule has 3 rings (SSSR count). The standard InChI is InChI=1S/C16H22N4/c1-3-16-18-8-10-20(16)14-6-7-17-15(11-14)13-5-4-9-19(2)12-13/h6-8,10-11,13H,3-5,9,12H2,1-2H3. The van der Waals surface area contributed by atoms with Crippen molar-refractivity contribution in [2.45, 2.75) is 32.1 Å². The average molecular weight is 270 g/mol. The average Bonchev–Trinajstić information content (AvgIpc) is 2.96. The number of aromatic nitrogens is 3. The first-order valence-electron chi connectivity index (χ1n) is 7.45. The third kappa shape index (κ3) is 2.61. The molecule has 0 spiro atoms. The van der Waals surface area contributed by atoms with Crippen molar-refractivity contribution in [1.29, 1.82) is 0 Å². The van der Waals surface area contributed by atoms with E-state index in [1.54, 1.807) is 0 Å². The maximum absolute atomic E-state index is 4.60. The van der Waals surface area contributed by atoms with Gasteiger partial charge in [0.2, 0.25) is 0 Å². The zero-order valence-corrected chi connectivity index (χ0v) is 12.3. The van der Waals surface area contributed by atoms with E-state index in [9.17, 15) is 0 Å². The molecule has 106 valence electrons. The fraction of sp³-hybridized carbons (Fsp3) is 0.500. The van der Waals surface area contributed by atoms with E-state index in [1.165, 1.54) is 30.8 Å². The van der Waals surface area contributed by atoms with Crippen LogP contribution in [0.1, 0.15) is 37.2 Å². The first-order valence-corrected chi connectivity index (χ1v) is 7.45. The minimum atomic E-state index is 0.558. The Morgan fingerprint density at radius 3 is 3.00 bits per heavy atom. The van der Waals surface area contributed by atoms with Crippen molar-refractivity contribution in [2.24, 2.45) is 0 Å². The Bertz CT molecular complexity index is 575. The summed E-state index contributed by atoms with van der Waals surface area (Å²) in [5.41, 5.74) is 2.39. The van der Waals surface area contributed by atoms with Crippen molar-refractivity contribution in [2.75, 3.05) is 20.1 Å². The Balaban J connectivity index is 1.89. The van der Waals surface area contributed by atoms with Crippen molar-refractivity contribution in [1.82, 2.24) is 19.4 Å². The third-order valence-corrected chi connectivity index (χ3v) is 4.12. The topological polar surface area (TPSA) is 34.0 Å². The molecular weight excluding hydrogens is 248 g/mol. The second-order valence-electron chi connectivity index (χ2n) is 5.61. The van der Waals surface area contributed by atoms with Crippen molar-refractivity contribution in [3.8, 4) is 5.69 Å². The molecular formula is C16H22N4. The first-order chi connectivity index (χ1) is 9.78. The molecule has 20 heavy (non-hydrogen) atoms. The first kappa shape index (κ1) is 13.3. The second kappa shape index (κ2) is 5.75. The summed E-state index contributed by atoms with van der Waals surface area (Å²) >= 11 is 0. The Kier molecular flexibility index (Phi) is 3.83. The van der Waals surface area contributed by atoms with Crippen molar-refractivity contribution < 1.29 is 0 Å². The Morgan fingerprint density at radius 1 is 1.30 bits per heavy atom. The number of piperidine rings is 1. The van der Waals surface area contributed by atoms with Gasteiger partial charge in [-0.1, -0.05) is 6.92 Å². The summed E-state index contributed by atoms with van der Waals surface area (Å²) in [6.07, 6.45) is 9.28. The van der Waals surface area contributed by atoms with Gasteiger partial charge in [-0.25, -0.2) is 4.98 Å². The van der Waals surface area contributed by atoms with E-state index in [1.807, 2.05) is 18.6 Å². The van der Waals surface area contributed by atoms with Gasteiger partial charge in [0.05, 0.1) is 5.69 Å². The van der Waals surface area contributed by atoms with Gasteiger partial charge in [0, 0.05) is 43.2 Å². The van der Waals surface area contributed by atoms with Crippen LogP contribution in [0.15, 0.2) is 30.7 Å². The summed E-state index contributed by atoms with van der Waals surface area (Å²) in [5, 5.41) is 0. The highest BCUT2D eigenvalue weighted by Gasteiger charge is 2.20. The molecule has 2 aromatic heterocycles. The minimum Gasteiger partial charge on any atom is -0.306 e. The summed E-state index contributed by atoms with van der Waals surface area (Å²) in [5.74, 6) is 1.66. The molecule has 1 fully saturated rings. The summed E-state index contributed by atoms with van der Waals surface area (Å²) in [4.78, 5) is 11.4. The molecule has 0 radical (unpaired) electrons. The van der Waals surface area contributed by atoms with Crippen LogP contribution in [0.5, 0.6) is 0 Å². The number of likely N-dealkylation sites (N-methyl/N-ethyl adjacent to an activating group) is 1. The van der Waals surface area contributed by atoms with Crippen LogP contribution in [0.2, 0.25) is 0 Å². The normalized spacial score (nSPS) is 20.2. The van der Waals surface area contributed by atoms with E-state index in [0.29, 0.717) is 5.92 Å². The molecule has 0 aromatic carbocycles. The molecule has 3 heterocycles. The van der Waals surface area contributed by atoms with Gasteiger partial charge in [0.15, 0.2) is 0 Å². The summed E-state index contributed by atoms with van der Waals surface area (Å²) < 4.78 is 2.16. The van der Waals surface area contributed by atoms with Crippen molar-refractivity contribution in [3.63, 3.8) is 0 Å². The lowest BCUT2D eigenvalue weighted by molar-refractivity contribution is 0.248. The summed E-state index contributed by atoms with van der Waals surface area (Å²) in [6, 6.07) is 4.29. The van der Waals surface area contributed by atoms with E-state index in [4.69, 9.17) is 0 Å². The van der Waals surface area contributed by atoms with Crippen LogP contribution in [0, 0.1) is 0 Å². The molecule has 0 bridgehead atoms. The number of likely N-dealkylation sites (tertiary alicyclic amines) is 1. The molecule has 0 saturated carbocycles. The maximum Gasteiger partial charge on any atom is 0.112 e. The van der Waals surface area contributed by atoms with E-state index in [2.05, 4.69) is 45.5 Å². The molecule has 4 nitrogen and oxygen atoms in total. The number of imidazole rings is 1. The number of hydrogen-bond donors (Lipinski definition) is 0. The molecule has 1 saturated heterocycles. The van der Waals surface area contributed by atoms with Crippen molar-refractivity contribution in [3.05, 3.63) is 42.2 Å². The van der Waals surface area contributed by atoms with Crippen LogP contribution >= 0.6 is 0 Å². The number of nitrogens with zero attached hydrogens (tertiary/aromatic N) is 4. The quantitative estimate of drug-likeness (QED) is 0.860. The molecule has 2 aromatic rings. The van der Waals surface area contributed by atoms with Gasteiger partial charge in [-0.2, -0.15) is 0 Å². The molecule has 0 amide bonds. The predicted molar refractivity (Wildman–Crippen MR) is 80.2 cm³/mol. The SMILES string of the molecule is CCc1nccn1-c1ccnc(C2CCCN(C)C2)c1. The predicted octanol–water partition coefficient (Wildman–Crippen LogP) is 2.64. The van der Waals surface area contributed by atoms with Gasteiger partial charge in [0.25, 0.3) is 0 Å². The molecule has 1 aliphatic heterocycles. The third-order valence-electron chi connectivity index (χ3n) is 4.12. The van der Waals surface area contributed by atoms with E-state index < -0.39 is 0 Å². The lowest BCUT2D eigenvalue weighted by Crippen LogP contribution is -2.31. The zero-order chi connectivity index (χ0) is 13.9. The van der Waals surface area contributed by atoms with Gasteiger partial charge >= 0.3 is 0 Å². The fourth-order valence-corrected chi connectivity index (χ4v) is 3.05. The van der Waals surface area contributed by atoms with Gasteiger partial charge in [-0.15, -0.1) is 0 Å². The van der Waals surface area contributed by atoms with Crippen molar-refractivity contribution >= 4 is 0 Å². The molecule has 4 heteroatoms. The van der Waals surface area contributed by atoms with Crippen LogP contribution < -0.4 is 0 Å². The smallest absolute Gasteiger partial charge is 0.112 e. The Morgan fingerprint density at radius 2 is 2.20 bits per heavy atom. The monoisotopic (exact) mass is 270 g/mol. The number of hydrogen-bond acceptors (Lipinski definition) is 3. The lowest BCUT2D eigenvalue weighted by Gasteiger charge is -2.29. The van der Waals surface area contributed by atoms with E-state index in [-0.39, 0.29) is 0 Å². The molecule has 1 unspecified atom stereocenters. The minimum absolute atomic E-state index is 0.558.